The number of rotatable bonds is 2. The van der Waals surface area contributed by atoms with Gasteiger partial charge >= 0.3 is 5.97 Å². The molecule has 6 heteroatoms. The molecule has 2 heterocycles. The van der Waals surface area contributed by atoms with Crippen LogP contribution >= 0.6 is 0 Å². The molecule has 1 aliphatic heterocycles. The van der Waals surface area contributed by atoms with Gasteiger partial charge in [0.15, 0.2) is 0 Å². The number of hydrogen-bond donors (Lipinski definition) is 1. The minimum Gasteiger partial charge on any atom is -0.478 e. The average molecular weight is 299 g/mol. The molecular formula is C16H17N3O3. The van der Waals surface area contributed by atoms with Gasteiger partial charge in [-0.05, 0) is 17.5 Å². The summed E-state index contributed by atoms with van der Waals surface area (Å²) in [5, 5.41) is 10.9. The van der Waals surface area contributed by atoms with Gasteiger partial charge in [0.2, 0.25) is 5.91 Å². The number of anilines is 1. The lowest BCUT2D eigenvalue weighted by atomic mass is 10.0. The van der Waals surface area contributed by atoms with Crippen LogP contribution in [0.4, 0.5) is 5.82 Å². The Morgan fingerprint density at radius 1 is 1.14 bits per heavy atom. The third-order valence-corrected chi connectivity index (χ3v) is 4.03. The quantitative estimate of drug-likeness (QED) is 0.912. The van der Waals surface area contributed by atoms with Gasteiger partial charge in [-0.1, -0.05) is 12.1 Å². The van der Waals surface area contributed by atoms with Crippen molar-refractivity contribution < 1.29 is 14.7 Å². The van der Waals surface area contributed by atoms with E-state index in [1.54, 1.807) is 30.2 Å². The fourth-order valence-electron chi connectivity index (χ4n) is 2.86. The molecule has 0 saturated carbocycles. The number of piperazine rings is 1. The summed E-state index contributed by atoms with van der Waals surface area (Å²) in [6, 6.07) is 7.04. The van der Waals surface area contributed by atoms with Gasteiger partial charge in [0.05, 0.1) is 5.56 Å². The number of carbonyl (C=O) groups excluding carboxylic acids is 1. The molecule has 0 unspecified atom stereocenters. The van der Waals surface area contributed by atoms with E-state index in [0.29, 0.717) is 37.4 Å². The van der Waals surface area contributed by atoms with E-state index < -0.39 is 5.97 Å². The standard InChI is InChI=1S/C16H17N3O3/c1-11(20)18-7-9-19(10-8-18)15-14-12(5-6-17-15)3-2-4-13(14)16(21)22/h2-6H,7-10H2,1H3,(H,21,22). The molecule has 1 saturated heterocycles. The van der Waals surface area contributed by atoms with Crippen molar-refractivity contribution in [1.82, 2.24) is 9.88 Å². The second kappa shape index (κ2) is 5.63. The third-order valence-electron chi connectivity index (χ3n) is 4.03. The van der Waals surface area contributed by atoms with Crippen LogP contribution in [0.3, 0.4) is 0 Å². The zero-order valence-corrected chi connectivity index (χ0v) is 12.3. The first kappa shape index (κ1) is 14.3. The molecule has 2 aromatic rings. The zero-order valence-electron chi connectivity index (χ0n) is 12.3. The minimum atomic E-state index is -0.956. The average Bonchev–Trinajstić information content (AvgIpc) is 2.53. The summed E-state index contributed by atoms with van der Waals surface area (Å²) in [6.07, 6.45) is 1.70. The molecule has 0 spiro atoms. The van der Waals surface area contributed by atoms with Gasteiger partial charge in [0.1, 0.15) is 5.82 Å². The van der Waals surface area contributed by atoms with Crippen molar-refractivity contribution in [3.63, 3.8) is 0 Å². The number of fused-ring (bicyclic) bond motifs is 1. The smallest absolute Gasteiger partial charge is 0.336 e. The molecule has 1 aromatic heterocycles. The number of benzene rings is 1. The Kier molecular flexibility index (Phi) is 3.66. The Morgan fingerprint density at radius 3 is 2.50 bits per heavy atom. The third kappa shape index (κ3) is 2.47. The maximum absolute atomic E-state index is 11.5. The Bertz CT molecular complexity index is 731. The lowest BCUT2D eigenvalue weighted by Crippen LogP contribution is -2.48. The highest BCUT2D eigenvalue weighted by Gasteiger charge is 2.22. The highest BCUT2D eigenvalue weighted by Crippen LogP contribution is 2.28. The first-order valence-corrected chi connectivity index (χ1v) is 7.19. The molecule has 0 bridgehead atoms. The predicted molar refractivity (Wildman–Crippen MR) is 83.2 cm³/mol. The fraction of sp³-hybridized carbons (Fsp3) is 0.312. The molecule has 0 aliphatic carbocycles. The summed E-state index contributed by atoms with van der Waals surface area (Å²) >= 11 is 0. The predicted octanol–water partition coefficient (Wildman–Crippen LogP) is 1.60. The van der Waals surface area contributed by atoms with Crippen LogP contribution in [0.15, 0.2) is 30.5 Å². The van der Waals surface area contributed by atoms with Crippen molar-refractivity contribution in [1.29, 1.82) is 0 Å². The van der Waals surface area contributed by atoms with E-state index in [9.17, 15) is 14.7 Å². The SMILES string of the molecule is CC(=O)N1CCN(c2nccc3cccc(C(=O)O)c23)CC1. The van der Waals surface area contributed by atoms with Gasteiger partial charge in [-0.3, -0.25) is 4.79 Å². The number of aromatic nitrogens is 1. The van der Waals surface area contributed by atoms with Crippen LogP contribution in [-0.2, 0) is 4.79 Å². The number of carboxylic acid groups (broad SMARTS) is 1. The maximum Gasteiger partial charge on any atom is 0.336 e. The van der Waals surface area contributed by atoms with E-state index >= 15 is 0 Å². The van der Waals surface area contributed by atoms with E-state index in [4.69, 9.17) is 0 Å². The lowest BCUT2D eigenvalue weighted by Gasteiger charge is -2.35. The van der Waals surface area contributed by atoms with Crippen molar-refractivity contribution in [3.8, 4) is 0 Å². The Morgan fingerprint density at radius 2 is 1.86 bits per heavy atom. The molecule has 1 fully saturated rings. The van der Waals surface area contributed by atoms with E-state index in [0.717, 1.165) is 5.39 Å². The van der Waals surface area contributed by atoms with Crippen LogP contribution < -0.4 is 4.90 Å². The molecular weight excluding hydrogens is 282 g/mol. The summed E-state index contributed by atoms with van der Waals surface area (Å²) in [7, 11) is 0. The second-order valence-electron chi connectivity index (χ2n) is 5.34. The number of carboxylic acids is 1. The van der Waals surface area contributed by atoms with Gasteiger partial charge < -0.3 is 14.9 Å². The molecule has 22 heavy (non-hydrogen) atoms. The molecule has 0 radical (unpaired) electrons. The molecule has 6 nitrogen and oxygen atoms in total. The number of amides is 1. The van der Waals surface area contributed by atoms with Crippen molar-refractivity contribution in [2.75, 3.05) is 31.1 Å². The second-order valence-corrected chi connectivity index (χ2v) is 5.34. The van der Waals surface area contributed by atoms with E-state index in [2.05, 4.69) is 4.98 Å². The first-order chi connectivity index (χ1) is 10.6. The van der Waals surface area contributed by atoms with Gasteiger partial charge in [-0.2, -0.15) is 0 Å². The van der Waals surface area contributed by atoms with Crippen molar-refractivity contribution in [2.24, 2.45) is 0 Å². The lowest BCUT2D eigenvalue weighted by molar-refractivity contribution is -0.129. The Labute approximate surface area is 128 Å². The van der Waals surface area contributed by atoms with Crippen LogP contribution in [0, 0.1) is 0 Å². The summed E-state index contributed by atoms with van der Waals surface area (Å²) in [4.78, 5) is 31.1. The Balaban J connectivity index is 2.01. The van der Waals surface area contributed by atoms with E-state index in [1.165, 1.54) is 0 Å². The topological polar surface area (TPSA) is 73.7 Å². The van der Waals surface area contributed by atoms with Gasteiger partial charge in [-0.25, -0.2) is 9.78 Å². The number of hydrogen-bond acceptors (Lipinski definition) is 4. The Hall–Kier alpha value is -2.63. The number of carbonyl (C=O) groups is 2. The molecule has 0 atom stereocenters. The fourth-order valence-corrected chi connectivity index (χ4v) is 2.86. The van der Waals surface area contributed by atoms with E-state index in [1.807, 2.05) is 17.0 Å². The van der Waals surface area contributed by atoms with Gasteiger partial charge in [-0.15, -0.1) is 0 Å². The maximum atomic E-state index is 11.5. The van der Waals surface area contributed by atoms with Crippen LogP contribution in [0.5, 0.6) is 0 Å². The van der Waals surface area contributed by atoms with Crippen molar-refractivity contribution in [2.45, 2.75) is 6.92 Å². The monoisotopic (exact) mass is 299 g/mol. The van der Waals surface area contributed by atoms with Crippen LogP contribution in [-0.4, -0.2) is 53.0 Å². The largest absolute Gasteiger partial charge is 0.478 e. The molecule has 1 N–H and O–H groups in total. The van der Waals surface area contributed by atoms with E-state index in [-0.39, 0.29) is 11.5 Å². The van der Waals surface area contributed by atoms with Crippen LogP contribution in [0.25, 0.3) is 10.8 Å². The number of aromatic carboxylic acids is 1. The first-order valence-electron chi connectivity index (χ1n) is 7.19. The summed E-state index contributed by atoms with van der Waals surface area (Å²) in [5.41, 5.74) is 0.259. The van der Waals surface area contributed by atoms with Crippen molar-refractivity contribution in [3.05, 3.63) is 36.0 Å². The van der Waals surface area contributed by atoms with Gasteiger partial charge in [0, 0.05) is 44.7 Å². The molecule has 1 amide bonds. The zero-order chi connectivity index (χ0) is 15.7. The summed E-state index contributed by atoms with van der Waals surface area (Å²) in [5.74, 6) is -0.210. The molecule has 1 aliphatic rings. The number of nitrogens with zero attached hydrogens (tertiary/aromatic N) is 3. The van der Waals surface area contributed by atoms with Crippen molar-refractivity contribution >= 4 is 28.5 Å². The molecule has 3 rings (SSSR count). The molecule has 1 aromatic carbocycles. The van der Waals surface area contributed by atoms with Crippen LogP contribution in [0.1, 0.15) is 17.3 Å². The summed E-state index contributed by atoms with van der Waals surface area (Å²) in [6.45, 7) is 4.12. The highest BCUT2D eigenvalue weighted by atomic mass is 16.4. The normalized spacial score (nSPS) is 15.1. The summed E-state index contributed by atoms with van der Waals surface area (Å²) < 4.78 is 0. The molecule has 114 valence electrons. The number of pyridine rings is 1. The van der Waals surface area contributed by atoms with Gasteiger partial charge in [0.25, 0.3) is 0 Å². The highest BCUT2D eigenvalue weighted by molar-refractivity contribution is 6.08. The minimum absolute atomic E-state index is 0.0664. The van der Waals surface area contributed by atoms with Crippen LogP contribution in [0.2, 0.25) is 0 Å².